The van der Waals surface area contributed by atoms with Crippen molar-refractivity contribution >= 4 is 21.9 Å². The van der Waals surface area contributed by atoms with Gasteiger partial charge in [0.25, 0.3) is 0 Å². The van der Waals surface area contributed by atoms with Crippen molar-refractivity contribution in [1.29, 1.82) is 0 Å². The monoisotopic (exact) mass is 685 g/mol. The Bertz CT molecular complexity index is 2720. The molecule has 4 saturated carbocycles. The molecule has 4 bridgehead atoms. The summed E-state index contributed by atoms with van der Waals surface area (Å²) in [6.07, 6.45) is 11.0. The predicted molar refractivity (Wildman–Crippen MR) is 208 cm³/mol. The average molecular weight is 686 g/mol. The minimum absolute atomic E-state index is 0.0732. The summed E-state index contributed by atoms with van der Waals surface area (Å²) >= 11 is 0. The Hall–Kier alpha value is -6.01. The molecule has 8 aromatic rings. The molecule has 0 atom stereocenters. The van der Waals surface area contributed by atoms with Crippen LogP contribution in [0.5, 0.6) is 0 Å². The first-order chi connectivity index (χ1) is 26.2. The molecule has 0 unspecified atom stereocenters. The number of hydrogen-bond donors (Lipinski definition) is 0. The van der Waals surface area contributed by atoms with Crippen LogP contribution in [0.15, 0.2) is 132 Å². The number of rotatable bonds is 4. The smallest absolute Gasteiger partial charge is 0.164 e. The van der Waals surface area contributed by atoms with E-state index in [1.54, 1.807) is 0 Å². The van der Waals surface area contributed by atoms with Crippen molar-refractivity contribution in [2.45, 2.75) is 37.5 Å². The summed E-state index contributed by atoms with van der Waals surface area (Å²) in [5.74, 6) is 5.09. The van der Waals surface area contributed by atoms with Crippen molar-refractivity contribution in [2.24, 2.45) is 23.7 Å². The molecule has 1 spiro atoms. The topological polar surface area (TPSA) is 77.6 Å². The maximum Gasteiger partial charge on any atom is 0.164 e. The lowest BCUT2D eigenvalue weighted by atomic mass is 9.43. The second-order valence-corrected chi connectivity index (χ2v) is 15.7. The second kappa shape index (κ2) is 11.0. The summed E-state index contributed by atoms with van der Waals surface area (Å²) in [6, 6.07) is 39.8. The highest BCUT2D eigenvalue weighted by Crippen LogP contribution is 2.69. The number of nitrogens with zero attached hydrogens (tertiary/aromatic N) is 5. The van der Waals surface area contributed by atoms with Gasteiger partial charge in [0.2, 0.25) is 0 Å². The summed E-state index contributed by atoms with van der Waals surface area (Å²) in [5, 5.41) is 2.12. The van der Waals surface area contributed by atoms with Crippen molar-refractivity contribution in [2.75, 3.05) is 0 Å². The average Bonchev–Trinajstić information content (AvgIpc) is 3.73. The molecule has 254 valence electrons. The normalized spacial score (nSPS) is 23.5. The van der Waals surface area contributed by atoms with Crippen LogP contribution in [0.1, 0.15) is 43.2 Å². The van der Waals surface area contributed by atoms with E-state index in [1.165, 1.54) is 48.8 Å². The van der Waals surface area contributed by atoms with E-state index >= 15 is 0 Å². The van der Waals surface area contributed by atoms with E-state index in [-0.39, 0.29) is 5.41 Å². The first-order valence-electron chi connectivity index (χ1n) is 19.0. The molecule has 0 aliphatic heterocycles. The van der Waals surface area contributed by atoms with Crippen LogP contribution >= 0.6 is 0 Å². The molecule has 0 N–H and O–H groups in total. The largest absolute Gasteiger partial charge is 0.456 e. The molecule has 4 aromatic heterocycles. The fraction of sp³-hybridized carbons (Fsp3) is 0.213. The van der Waals surface area contributed by atoms with Gasteiger partial charge in [0.05, 0.1) is 11.4 Å². The number of benzene rings is 4. The van der Waals surface area contributed by atoms with Crippen molar-refractivity contribution < 1.29 is 4.42 Å². The predicted octanol–water partition coefficient (Wildman–Crippen LogP) is 11.0. The highest BCUT2D eigenvalue weighted by Gasteiger charge is 2.62. The van der Waals surface area contributed by atoms with Gasteiger partial charge in [-0.3, -0.25) is 4.98 Å². The number of aromatic nitrogens is 5. The summed E-state index contributed by atoms with van der Waals surface area (Å²) in [5.41, 5.74) is 12.0. The Kier molecular flexibility index (Phi) is 6.13. The highest BCUT2D eigenvalue weighted by atomic mass is 16.3. The van der Waals surface area contributed by atoms with Crippen LogP contribution in [-0.4, -0.2) is 24.9 Å². The quantitative estimate of drug-likeness (QED) is 0.183. The number of pyridine rings is 2. The van der Waals surface area contributed by atoms with E-state index in [0.717, 1.165) is 67.4 Å². The van der Waals surface area contributed by atoms with Gasteiger partial charge in [0.1, 0.15) is 11.2 Å². The number of furan rings is 1. The zero-order valence-electron chi connectivity index (χ0n) is 29.1. The maximum atomic E-state index is 6.11. The number of fused-ring (bicyclic) bond motifs is 6. The van der Waals surface area contributed by atoms with Crippen LogP contribution in [0.3, 0.4) is 0 Å². The third-order valence-electron chi connectivity index (χ3n) is 13.0. The van der Waals surface area contributed by atoms with Crippen molar-refractivity contribution in [3.05, 3.63) is 139 Å². The van der Waals surface area contributed by atoms with Gasteiger partial charge >= 0.3 is 0 Å². The van der Waals surface area contributed by atoms with Crippen molar-refractivity contribution in [3.63, 3.8) is 0 Å². The lowest BCUT2D eigenvalue weighted by Crippen LogP contribution is -2.55. The lowest BCUT2D eigenvalue weighted by molar-refractivity contribution is -0.0401. The molecule has 4 heterocycles. The first-order valence-corrected chi connectivity index (χ1v) is 19.0. The van der Waals surface area contributed by atoms with Crippen molar-refractivity contribution in [3.8, 4) is 56.7 Å². The van der Waals surface area contributed by atoms with Gasteiger partial charge < -0.3 is 4.42 Å². The number of hydrogen-bond acceptors (Lipinski definition) is 6. The van der Waals surface area contributed by atoms with Crippen molar-refractivity contribution in [1.82, 2.24) is 24.9 Å². The Morgan fingerprint density at radius 1 is 0.509 bits per heavy atom. The standard InChI is InChI=1S/C47H35N5O/c1-2-6-30(7-3-1)44-50-45(52-46(51-44)32-14-17-42-37(25-32)35-8-4-5-9-41(35)53-42)31-12-10-29(11-13-31)40-16-15-38-43(49-40)36-18-19-48-26-39(36)47(38)33-21-27-20-28(23-33)24-34(47)22-27/h1-19,25-28,33-34H,20-24H2. The Balaban J connectivity index is 0.938. The molecule has 5 aliphatic carbocycles. The minimum atomic E-state index is 0.0732. The fourth-order valence-corrected chi connectivity index (χ4v) is 11.0. The van der Waals surface area contributed by atoms with Gasteiger partial charge in [0, 0.05) is 56.4 Å². The van der Waals surface area contributed by atoms with Crippen LogP contribution in [0, 0.1) is 23.7 Å². The maximum absolute atomic E-state index is 6.11. The van der Waals surface area contributed by atoms with E-state index in [4.69, 9.17) is 29.3 Å². The third kappa shape index (κ3) is 4.29. The summed E-state index contributed by atoms with van der Waals surface area (Å²) in [6.45, 7) is 0. The first kappa shape index (κ1) is 29.6. The van der Waals surface area contributed by atoms with Gasteiger partial charge in [0.15, 0.2) is 17.5 Å². The van der Waals surface area contributed by atoms with Crippen LogP contribution in [0.2, 0.25) is 0 Å². The molecule has 5 aliphatic rings. The zero-order chi connectivity index (χ0) is 34.7. The van der Waals surface area contributed by atoms with Gasteiger partial charge in [-0.25, -0.2) is 19.9 Å². The Morgan fingerprint density at radius 3 is 1.92 bits per heavy atom. The van der Waals surface area contributed by atoms with Crippen LogP contribution < -0.4 is 0 Å². The Morgan fingerprint density at radius 2 is 1.15 bits per heavy atom. The molecule has 0 radical (unpaired) electrons. The molecule has 4 fully saturated rings. The van der Waals surface area contributed by atoms with Gasteiger partial charge in [-0.2, -0.15) is 0 Å². The molecule has 0 amide bonds. The minimum Gasteiger partial charge on any atom is -0.456 e. The molecule has 4 aromatic carbocycles. The summed E-state index contributed by atoms with van der Waals surface area (Å²) in [7, 11) is 0. The fourth-order valence-electron chi connectivity index (χ4n) is 11.0. The zero-order valence-corrected chi connectivity index (χ0v) is 29.1. The van der Waals surface area contributed by atoms with E-state index in [0.29, 0.717) is 29.3 Å². The Labute approximate surface area is 307 Å². The van der Waals surface area contributed by atoms with Gasteiger partial charge in [-0.15, -0.1) is 0 Å². The van der Waals surface area contributed by atoms with Crippen LogP contribution in [-0.2, 0) is 5.41 Å². The van der Waals surface area contributed by atoms with E-state index < -0.39 is 0 Å². The molecular weight excluding hydrogens is 651 g/mol. The molecule has 13 rings (SSSR count). The van der Waals surface area contributed by atoms with Gasteiger partial charge in [-0.1, -0.05) is 78.9 Å². The summed E-state index contributed by atoms with van der Waals surface area (Å²) < 4.78 is 6.11. The molecule has 6 heteroatoms. The number of para-hydroxylation sites is 1. The second-order valence-electron chi connectivity index (χ2n) is 15.7. The molecule has 53 heavy (non-hydrogen) atoms. The van der Waals surface area contributed by atoms with Gasteiger partial charge in [-0.05, 0) is 103 Å². The molecule has 0 saturated heterocycles. The molecule has 6 nitrogen and oxygen atoms in total. The lowest BCUT2D eigenvalue weighted by Gasteiger charge is -2.60. The summed E-state index contributed by atoms with van der Waals surface area (Å²) in [4.78, 5) is 25.2. The molecular formula is C47H35N5O. The van der Waals surface area contributed by atoms with E-state index in [9.17, 15) is 0 Å². The highest BCUT2D eigenvalue weighted by molar-refractivity contribution is 6.06. The van der Waals surface area contributed by atoms with E-state index in [2.05, 4.69) is 60.8 Å². The SMILES string of the molecule is c1ccc(-c2nc(-c3ccc(-c4ccc5c(n4)-c4ccncc4C54C5CC6CC(C5)CC4C6)cc3)nc(-c3ccc4oc5ccccc5c4c3)n2)cc1. The van der Waals surface area contributed by atoms with Crippen LogP contribution in [0.4, 0.5) is 0 Å². The van der Waals surface area contributed by atoms with E-state index in [1.807, 2.05) is 66.9 Å². The van der Waals surface area contributed by atoms with Crippen LogP contribution in [0.25, 0.3) is 78.6 Å². The third-order valence-corrected chi connectivity index (χ3v) is 13.0.